The second-order valence-corrected chi connectivity index (χ2v) is 5.92. The van der Waals surface area contributed by atoms with Crippen molar-refractivity contribution in [2.75, 3.05) is 0 Å². The van der Waals surface area contributed by atoms with E-state index in [0.717, 1.165) is 11.4 Å². The van der Waals surface area contributed by atoms with Crippen molar-refractivity contribution in [3.8, 4) is 0 Å². The molecule has 1 aromatic carbocycles. The maximum absolute atomic E-state index is 6.22. The first-order chi connectivity index (χ1) is 10.3. The first kappa shape index (κ1) is 14.3. The van der Waals surface area contributed by atoms with Crippen LogP contribution in [0.5, 0.6) is 0 Å². The average molecular weight is 285 g/mol. The molecule has 1 atom stereocenters. The van der Waals surface area contributed by atoms with Crippen LogP contribution in [0.4, 0.5) is 0 Å². The number of aromatic nitrogens is 2. The molecule has 1 aromatic heterocycles. The molecule has 2 N–H and O–H groups in total. The lowest BCUT2D eigenvalue weighted by Gasteiger charge is -2.15. The molecule has 0 radical (unpaired) electrons. The Labute approximate surface area is 125 Å². The second-order valence-electron chi connectivity index (χ2n) is 5.92. The van der Waals surface area contributed by atoms with Crippen LogP contribution in [0.25, 0.3) is 0 Å². The van der Waals surface area contributed by atoms with Crippen molar-refractivity contribution in [2.24, 2.45) is 5.73 Å². The highest BCUT2D eigenvalue weighted by atomic mass is 16.5. The fraction of sp³-hybridized carbons (Fsp3) is 0.529. The third-order valence-corrected chi connectivity index (χ3v) is 4.35. The molecule has 0 aliphatic heterocycles. The van der Waals surface area contributed by atoms with Gasteiger partial charge in [0.15, 0.2) is 5.82 Å². The van der Waals surface area contributed by atoms with Crippen molar-refractivity contribution in [3.05, 3.63) is 47.6 Å². The Morgan fingerprint density at radius 2 is 1.67 bits per heavy atom. The van der Waals surface area contributed by atoms with Gasteiger partial charge in [0.25, 0.3) is 0 Å². The average Bonchev–Trinajstić information content (AvgIpc) is 2.97. The molecule has 1 fully saturated rings. The second kappa shape index (κ2) is 6.85. The molecule has 0 unspecified atom stereocenters. The Kier molecular flexibility index (Phi) is 4.65. The number of hydrogen-bond acceptors (Lipinski definition) is 4. The monoisotopic (exact) mass is 285 g/mol. The summed E-state index contributed by atoms with van der Waals surface area (Å²) in [6.07, 6.45) is 8.87. The predicted molar refractivity (Wildman–Crippen MR) is 81.8 cm³/mol. The number of rotatable bonds is 3. The molecule has 1 heterocycles. The van der Waals surface area contributed by atoms with E-state index in [2.05, 4.69) is 10.1 Å². The van der Waals surface area contributed by atoms with E-state index >= 15 is 0 Å². The molecule has 1 saturated carbocycles. The zero-order chi connectivity index (χ0) is 14.5. The maximum atomic E-state index is 6.22. The standard InChI is InChI=1S/C17H23N3O/c18-15(13-9-7-4-8-10-13)17-19-16(20-21-17)14-11-5-2-1-3-6-12-14/h4,7-10,14-15H,1-3,5-6,11-12,18H2/t15-/m0/s1. The van der Waals surface area contributed by atoms with Gasteiger partial charge < -0.3 is 10.3 Å². The van der Waals surface area contributed by atoms with Crippen LogP contribution in [0, 0.1) is 0 Å². The maximum Gasteiger partial charge on any atom is 0.248 e. The van der Waals surface area contributed by atoms with Gasteiger partial charge in [-0.2, -0.15) is 4.98 Å². The molecule has 4 nitrogen and oxygen atoms in total. The first-order valence-electron chi connectivity index (χ1n) is 7.98. The minimum atomic E-state index is -0.332. The highest BCUT2D eigenvalue weighted by Gasteiger charge is 2.22. The van der Waals surface area contributed by atoms with Gasteiger partial charge in [-0.15, -0.1) is 0 Å². The lowest BCUT2D eigenvalue weighted by Crippen LogP contribution is -2.12. The first-order valence-corrected chi connectivity index (χ1v) is 7.98. The van der Waals surface area contributed by atoms with E-state index in [1.807, 2.05) is 30.3 Å². The van der Waals surface area contributed by atoms with Crippen LogP contribution in [-0.2, 0) is 0 Å². The Morgan fingerprint density at radius 1 is 1.00 bits per heavy atom. The van der Waals surface area contributed by atoms with Gasteiger partial charge >= 0.3 is 0 Å². The molecule has 1 aliphatic rings. The molecule has 0 amide bonds. The summed E-state index contributed by atoms with van der Waals surface area (Å²) in [5.41, 5.74) is 7.22. The molecule has 1 aliphatic carbocycles. The van der Waals surface area contributed by atoms with Crippen molar-refractivity contribution in [1.82, 2.24) is 10.1 Å². The van der Waals surface area contributed by atoms with Crippen molar-refractivity contribution in [3.63, 3.8) is 0 Å². The molecular formula is C17H23N3O. The van der Waals surface area contributed by atoms with Gasteiger partial charge in [0.2, 0.25) is 5.89 Å². The van der Waals surface area contributed by atoms with Gasteiger partial charge in [-0.1, -0.05) is 67.6 Å². The topological polar surface area (TPSA) is 64.9 Å². The van der Waals surface area contributed by atoms with Gasteiger partial charge in [0, 0.05) is 5.92 Å². The summed E-state index contributed by atoms with van der Waals surface area (Å²) in [7, 11) is 0. The van der Waals surface area contributed by atoms with E-state index in [4.69, 9.17) is 10.3 Å². The van der Waals surface area contributed by atoms with Crippen LogP contribution < -0.4 is 5.73 Å². The largest absolute Gasteiger partial charge is 0.337 e. The molecule has 3 rings (SSSR count). The molecule has 112 valence electrons. The van der Waals surface area contributed by atoms with E-state index < -0.39 is 0 Å². The van der Waals surface area contributed by atoms with Crippen molar-refractivity contribution >= 4 is 0 Å². The van der Waals surface area contributed by atoms with Crippen LogP contribution in [0.1, 0.15) is 74.2 Å². The Bertz CT molecular complexity index is 544. The minimum Gasteiger partial charge on any atom is -0.337 e. The van der Waals surface area contributed by atoms with E-state index in [1.165, 1.54) is 44.9 Å². The molecule has 0 saturated heterocycles. The van der Waals surface area contributed by atoms with Gasteiger partial charge in [0.05, 0.1) is 0 Å². The lowest BCUT2D eigenvalue weighted by atomic mass is 9.91. The third kappa shape index (κ3) is 3.50. The molecule has 4 heteroatoms. The summed E-state index contributed by atoms with van der Waals surface area (Å²) in [6, 6.07) is 9.57. The number of benzene rings is 1. The van der Waals surface area contributed by atoms with E-state index in [0.29, 0.717) is 11.8 Å². The highest BCUT2D eigenvalue weighted by Crippen LogP contribution is 2.30. The van der Waals surface area contributed by atoms with Gasteiger partial charge in [0.1, 0.15) is 6.04 Å². The SMILES string of the molecule is N[C@@H](c1ccccc1)c1nc(C2CCCCCCC2)no1. The van der Waals surface area contributed by atoms with Crippen LogP contribution >= 0.6 is 0 Å². The van der Waals surface area contributed by atoms with Crippen LogP contribution in [0.3, 0.4) is 0 Å². The van der Waals surface area contributed by atoms with Gasteiger partial charge in [-0.3, -0.25) is 0 Å². The van der Waals surface area contributed by atoms with Crippen molar-refractivity contribution in [1.29, 1.82) is 0 Å². The van der Waals surface area contributed by atoms with E-state index in [9.17, 15) is 0 Å². The molecule has 0 spiro atoms. The fourth-order valence-corrected chi connectivity index (χ4v) is 3.06. The zero-order valence-corrected chi connectivity index (χ0v) is 12.4. The smallest absolute Gasteiger partial charge is 0.248 e. The molecule has 0 bridgehead atoms. The number of nitrogens with zero attached hydrogens (tertiary/aromatic N) is 2. The van der Waals surface area contributed by atoms with Crippen LogP contribution in [0.2, 0.25) is 0 Å². The molecular weight excluding hydrogens is 262 g/mol. The molecule has 21 heavy (non-hydrogen) atoms. The van der Waals surface area contributed by atoms with Crippen molar-refractivity contribution in [2.45, 2.75) is 56.9 Å². The predicted octanol–water partition coefficient (Wildman–Crippen LogP) is 3.95. The summed E-state index contributed by atoms with van der Waals surface area (Å²) in [6.45, 7) is 0. The van der Waals surface area contributed by atoms with Gasteiger partial charge in [-0.05, 0) is 18.4 Å². The highest BCUT2D eigenvalue weighted by molar-refractivity contribution is 5.23. The summed E-state index contributed by atoms with van der Waals surface area (Å²) in [4.78, 5) is 4.58. The number of nitrogens with two attached hydrogens (primary N) is 1. The minimum absolute atomic E-state index is 0.332. The Balaban J connectivity index is 1.73. The molecule has 2 aromatic rings. The lowest BCUT2D eigenvalue weighted by molar-refractivity contribution is 0.353. The summed E-state index contributed by atoms with van der Waals surface area (Å²) in [5, 5.41) is 4.19. The Hall–Kier alpha value is -1.68. The Morgan fingerprint density at radius 3 is 2.38 bits per heavy atom. The van der Waals surface area contributed by atoms with Crippen molar-refractivity contribution < 1.29 is 4.52 Å². The zero-order valence-electron chi connectivity index (χ0n) is 12.4. The third-order valence-electron chi connectivity index (χ3n) is 4.35. The van der Waals surface area contributed by atoms with Gasteiger partial charge in [-0.25, -0.2) is 0 Å². The fourth-order valence-electron chi connectivity index (χ4n) is 3.06. The quantitative estimate of drug-likeness (QED) is 0.927. The van der Waals surface area contributed by atoms with E-state index in [1.54, 1.807) is 0 Å². The normalized spacial score (nSPS) is 18.9. The summed E-state index contributed by atoms with van der Waals surface area (Å²) in [5.74, 6) is 1.81. The van der Waals surface area contributed by atoms with Crippen LogP contribution in [0.15, 0.2) is 34.9 Å². The van der Waals surface area contributed by atoms with E-state index in [-0.39, 0.29) is 6.04 Å². The van der Waals surface area contributed by atoms with Crippen LogP contribution in [-0.4, -0.2) is 10.1 Å². The summed E-state index contributed by atoms with van der Waals surface area (Å²) < 4.78 is 5.42. The number of hydrogen-bond donors (Lipinski definition) is 1. The summed E-state index contributed by atoms with van der Waals surface area (Å²) >= 11 is 0.